The van der Waals surface area contributed by atoms with E-state index in [9.17, 15) is 18.4 Å². The average Bonchev–Trinajstić information content (AvgIpc) is 3.28. The molecule has 0 radical (unpaired) electrons. The molecule has 2 N–H and O–H groups in total. The van der Waals surface area contributed by atoms with Crippen molar-refractivity contribution in [1.29, 1.82) is 0 Å². The standard InChI is InChI=1S/C26H30ClF2N3O2/c1-15(31-16(2)33)22-11-18(27)3-5-20(22)17-7-9-32(10-8-17)26(34)24-14-30-13-23(24)21-6-4-19(28)12-25(21)29/h3-6,11-12,15,17,23-24,30H,7-10,13-14H2,1-2H3,(H,31,33)/t15-,23?,24+/m0/s1. The molecule has 0 saturated carbocycles. The van der Waals surface area contributed by atoms with Crippen LogP contribution in [0.3, 0.4) is 0 Å². The summed E-state index contributed by atoms with van der Waals surface area (Å²) in [5.41, 5.74) is 2.53. The monoisotopic (exact) mass is 489 g/mol. The van der Waals surface area contributed by atoms with Gasteiger partial charge in [-0.05, 0) is 60.6 Å². The number of carbonyl (C=O) groups excluding carboxylic acids is 2. The van der Waals surface area contributed by atoms with Crippen LogP contribution in [0.25, 0.3) is 0 Å². The Kier molecular flexibility index (Phi) is 7.53. The molecule has 0 aliphatic carbocycles. The number of hydrogen-bond donors (Lipinski definition) is 2. The van der Waals surface area contributed by atoms with Gasteiger partial charge in [0.15, 0.2) is 0 Å². The second-order valence-corrected chi connectivity index (χ2v) is 9.77. The Bertz CT molecular complexity index is 1070. The Hall–Kier alpha value is -2.51. The minimum absolute atomic E-state index is 0.0140. The number of hydrogen-bond acceptors (Lipinski definition) is 3. The normalized spacial score (nSPS) is 22.0. The van der Waals surface area contributed by atoms with E-state index in [1.807, 2.05) is 30.0 Å². The van der Waals surface area contributed by atoms with Crippen LogP contribution in [0.2, 0.25) is 5.02 Å². The highest BCUT2D eigenvalue weighted by molar-refractivity contribution is 6.30. The van der Waals surface area contributed by atoms with E-state index >= 15 is 0 Å². The van der Waals surface area contributed by atoms with E-state index in [1.54, 1.807) is 0 Å². The largest absolute Gasteiger partial charge is 0.350 e. The van der Waals surface area contributed by atoms with Gasteiger partial charge in [-0.3, -0.25) is 9.59 Å². The topological polar surface area (TPSA) is 61.4 Å². The van der Waals surface area contributed by atoms with Crippen LogP contribution >= 0.6 is 11.6 Å². The SMILES string of the molecule is CC(=O)N[C@@H](C)c1cc(Cl)ccc1C1CCN(C(=O)[C@@H]2CNCC2c2ccc(F)cc2F)CC1. The molecule has 2 aliphatic rings. The molecule has 0 aromatic heterocycles. The molecule has 2 saturated heterocycles. The zero-order valence-electron chi connectivity index (χ0n) is 19.4. The van der Waals surface area contributed by atoms with Gasteiger partial charge in [0.05, 0.1) is 12.0 Å². The predicted molar refractivity (Wildman–Crippen MR) is 128 cm³/mol. The van der Waals surface area contributed by atoms with Crippen LogP contribution in [-0.4, -0.2) is 42.9 Å². The van der Waals surface area contributed by atoms with Crippen molar-refractivity contribution < 1.29 is 18.4 Å². The first-order valence-corrected chi connectivity index (χ1v) is 12.1. The van der Waals surface area contributed by atoms with Crippen LogP contribution in [0.5, 0.6) is 0 Å². The van der Waals surface area contributed by atoms with Gasteiger partial charge in [0, 0.05) is 50.1 Å². The van der Waals surface area contributed by atoms with Gasteiger partial charge >= 0.3 is 0 Å². The Morgan fingerprint density at radius 1 is 1.09 bits per heavy atom. The summed E-state index contributed by atoms with van der Waals surface area (Å²) < 4.78 is 27.8. The molecular weight excluding hydrogens is 460 g/mol. The van der Waals surface area contributed by atoms with E-state index in [1.165, 1.54) is 19.1 Å². The zero-order chi connectivity index (χ0) is 24.4. The average molecular weight is 490 g/mol. The van der Waals surface area contributed by atoms with Crippen molar-refractivity contribution >= 4 is 23.4 Å². The molecule has 0 bridgehead atoms. The van der Waals surface area contributed by atoms with Crippen molar-refractivity contribution in [2.24, 2.45) is 5.92 Å². The lowest BCUT2D eigenvalue weighted by Gasteiger charge is -2.36. The lowest BCUT2D eigenvalue weighted by Crippen LogP contribution is -2.43. The van der Waals surface area contributed by atoms with Crippen LogP contribution in [0.1, 0.15) is 61.3 Å². The van der Waals surface area contributed by atoms with Crippen LogP contribution in [0, 0.1) is 17.6 Å². The number of nitrogens with one attached hydrogen (secondary N) is 2. The summed E-state index contributed by atoms with van der Waals surface area (Å²) in [4.78, 5) is 26.8. The summed E-state index contributed by atoms with van der Waals surface area (Å²) in [6.45, 7) is 5.62. The summed E-state index contributed by atoms with van der Waals surface area (Å²) in [5.74, 6) is -1.74. The summed E-state index contributed by atoms with van der Waals surface area (Å²) in [6.07, 6.45) is 1.59. The maximum atomic E-state index is 14.4. The summed E-state index contributed by atoms with van der Waals surface area (Å²) >= 11 is 6.24. The number of nitrogens with zero attached hydrogens (tertiary/aromatic N) is 1. The molecule has 2 aromatic carbocycles. The number of benzene rings is 2. The number of rotatable bonds is 5. The third kappa shape index (κ3) is 5.26. The van der Waals surface area contributed by atoms with Gasteiger partial charge < -0.3 is 15.5 Å². The molecule has 2 aromatic rings. The minimum Gasteiger partial charge on any atom is -0.350 e. The van der Waals surface area contributed by atoms with E-state index in [0.717, 1.165) is 30.0 Å². The number of likely N-dealkylation sites (tertiary alicyclic amines) is 1. The van der Waals surface area contributed by atoms with Crippen LogP contribution in [-0.2, 0) is 9.59 Å². The quantitative estimate of drug-likeness (QED) is 0.649. The second kappa shape index (κ2) is 10.4. The third-order valence-electron chi connectivity index (χ3n) is 7.07. The molecule has 34 heavy (non-hydrogen) atoms. The van der Waals surface area contributed by atoms with Crippen molar-refractivity contribution in [3.8, 4) is 0 Å². The van der Waals surface area contributed by atoms with E-state index in [0.29, 0.717) is 36.8 Å². The molecule has 2 aliphatic heterocycles. The fraction of sp³-hybridized carbons (Fsp3) is 0.462. The fourth-order valence-corrected chi connectivity index (χ4v) is 5.57. The van der Waals surface area contributed by atoms with Gasteiger partial charge in [-0.1, -0.05) is 23.7 Å². The number of amides is 2. The molecular formula is C26H30ClF2N3O2. The van der Waals surface area contributed by atoms with Gasteiger partial charge in [0.2, 0.25) is 11.8 Å². The summed E-state index contributed by atoms with van der Waals surface area (Å²) in [5, 5.41) is 6.76. The Morgan fingerprint density at radius 2 is 1.79 bits per heavy atom. The maximum absolute atomic E-state index is 14.4. The first kappa shape index (κ1) is 24.6. The first-order valence-electron chi connectivity index (χ1n) is 11.8. The molecule has 8 heteroatoms. The highest BCUT2D eigenvalue weighted by atomic mass is 35.5. The van der Waals surface area contributed by atoms with E-state index in [2.05, 4.69) is 10.6 Å². The van der Waals surface area contributed by atoms with Gasteiger partial charge in [-0.15, -0.1) is 0 Å². The second-order valence-electron chi connectivity index (χ2n) is 9.33. The molecule has 0 spiro atoms. The minimum atomic E-state index is -0.619. The Balaban J connectivity index is 1.45. The Morgan fingerprint density at radius 3 is 2.47 bits per heavy atom. The van der Waals surface area contributed by atoms with Gasteiger partial charge in [0.25, 0.3) is 0 Å². The van der Waals surface area contributed by atoms with Crippen molar-refractivity contribution in [3.63, 3.8) is 0 Å². The molecule has 3 atom stereocenters. The first-order chi connectivity index (χ1) is 16.2. The van der Waals surface area contributed by atoms with Crippen LogP contribution in [0.4, 0.5) is 8.78 Å². The van der Waals surface area contributed by atoms with Crippen molar-refractivity contribution in [2.45, 2.75) is 44.6 Å². The molecule has 5 nitrogen and oxygen atoms in total. The molecule has 2 heterocycles. The van der Waals surface area contributed by atoms with E-state index in [-0.39, 0.29) is 35.6 Å². The van der Waals surface area contributed by atoms with Crippen LogP contribution in [0.15, 0.2) is 36.4 Å². The molecule has 2 fully saturated rings. The molecule has 4 rings (SSSR count). The van der Waals surface area contributed by atoms with Crippen LogP contribution < -0.4 is 10.6 Å². The highest BCUT2D eigenvalue weighted by Gasteiger charge is 2.39. The smallest absolute Gasteiger partial charge is 0.227 e. The number of halogens is 3. The van der Waals surface area contributed by atoms with Crippen molar-refractivity contribution in [1.82, 2.24) is 15.5 Å². The molecule has 2 amide bonds. The van der Waals surface area contributed by atoms with Gasteiger partial charge in [0.1, 0.15) is 11.6 Å². The molecule has 182 valence electrons. The van der Waals surface area contributed by atoms with E-state index < -0.39 is 11.6 Å². The number of carbonyl (C=O) groups is 2. The van der Waals surface area contributed by atoms with Crippen molar-refractivity contribution in [2.75, 3.05) is 26.2 Å². The number of piperidine rings is 1. The fourth-order valence-electron chi connectivity index (χ4n) is 5.39. The van der Waals surface area contributed by atoms with E-state index in [4.69, 9.17) is 11.6 Å². The zero-order valence-corrected chi connectivity index (χ0v) is 20.2. The maximum Gasteiger partial charge on any atom is 0.227 e. The predicted octanol–water partition coefficient (Wildman–Crippen LogP) is 4.52. The highest BCUT2D eigenvalue weighted by Crippen LogP contribution is 2.37. The lowest BCUT2D eigenvalue weighted by atomic mass is 9.83. The van der Waals surface area contributed by atoms with Gasteiger partial charge in [-0.25, -0.2) is 8.78 Å². The Labute approximate surface area is 203 Å². The summed E-state index contributed by atoms with van der Waals surface area (Å²) in [6, 6.07) is 9.20. The summed E-state index contributed by atoms with van der Waals surface area (Å²) in [7, 11) is 0. The van der Waals surface area contributed by atoms with Crippen molar-refractivity contribution in [3.05, 3.63) is 69.7 Å². The lowest BCUT2D eigenvalue weighted by molar-refractivity contribution is -0.136. The third-order valence-corrected chi connectivity index (χ3v) is 7.31. The van der Waals surface area contributed by atoms with Gasteiger partial charge in [-0.2, -0.15) is 0 Å². The molecule has 1 unspecified atom stereocenters.